The van der Waals surface area contributed by atoms with Crippen LogP contribution in [-0.2, 0) is 24.4 Å². The van der Waals surface area contributed by atoms with Gasteiger partial charge in [0.2, 0.25) is 27.7 Å². The molecule has 8 rings (SSSR count). The molecule has 0 radical (unpaired) electrons. The summed E-state index contributed by atoms with van der Waals surface area (Å²) in [6, 6.07) is 10.8. The lowest BCUT2D eigenvalue weighted by molar-refractivity contribution is -0.141. The molecule has 4 aromatic rings. The number of carbonyl (C=O) groups is 4. The number of hydrogen-bond donors (Lipinski definition) is 3. The molecule has 0 unspecified atom stereocenters. The molecule has 0 spiro atoms. The maximum atomic E-state index is 14.6. The maximum absolute atomic E-state index is 14.6. The van der Waals surface area contributed by atoms with E-state index >= 15 is 0 Å². The number of pyridine rings is 1. The number of aromatic nitrogens is 2. The molecule has 5 atom stereocenters. The van der Waals surface area contributed by atoms with Crippen LogP contribution >= 0.6 is 0 Å². The van der Waals surface area contributed by atoms with Crippen LogP contribution in [0.5, 0.6) is 5.88 Å². The first-order chi connectivity index (χ1) is 26.4. The molecule has 55 heavy (non-hydrogen) atoms. The van der Waals surface area contributed by atoms with Crippen LogP contribution in [0.1, 0.15) is 74.0 Å². The number of hydrogen-bond acceptors (Lipinski definition) is 10. The predicted octanol–water partition coefficient (Wildman–Crippen LogP) is 3.97. The molecule has 2 aromatic carbocycles. The van der Waals surface area contributed by atoms with Gasteiger partial charge in [-0.1, -0.05) is 48.3 Å². The Labute approximate surface area is 316 Å². The van der Waals surface area contributed by atoms with Crippen molar-refractivity contribution in [3.05, 3.63) is 78.0 Å². The second-order valence-electron chi connectivity index (χ2n) is 15.0. The molecule has 0 bridgehead atoms. The number of nitrogens with one attached hydrogen (secondary N) is 3. The highest BCUT2D eigenvalue weighted by Crippen LogP contribution is 2.46. The second-order valence-corrected chi connectivity index (χ2v) is 16.9. The smallest absolute Gasteiger partial charge is 0.274 e. The average molecular weight is 773 g/mol. The number of fused-ring (bicyclic) bond motifs is 5. The van der Waals surface area contributed by atoms with Crippen LogP contribution in [0.15, 0.2) is 65.2 Å². The van der Waals surface area contributed by atoms with Gasteiger partial charge in [-0.2, -0.15) is 0 Å². The van der Waals surface area contributed by atoms with E-state index in [1.165, 1.54) is 23.1 Å². The summed E-state index contributed by atoms with van der Waals surface area (Å²) in [6.07, 6.45) is 7.09. The van der Waals surface area contributed by atoms with Crippen LogP contribution in [0.2, 0.25) is 0 Å². The van der Waals surface area contributed by atoms with Gasteiger partial charge in [0.25, 0.3) is 11.8 Å². The summed E-state index contributed by atoms with van der Waals surface area (Å²) in [5.74, 6) is -2.92. The molecule has 1 saturated heterocycles. The highest BCUT2D eigenvalue weighted by Gasteiger charge is 2.62. The van der Waals surface area contributed by atoms with Crippen molar-refractivity contribution in [3.8, 4) is 5.88 Å². The van der Waals surface area contributed by atoms with Gasteiger partial charge >= 0.3 is 0 Å². The number of rotatable bonds is 7. The number of sulfonamides is 1. The lowest BCUT2D eigenvalue weighted by Gasteiger charge is -2.29. The summed E-state index contributed by atoms with van der Waals surface area (Å²) in [6.45, 7) is 1.56. The third-order valence-electron chi connectivity index (χ3n) is 10.9. The first-order valence-corrected chi connectivity index (χ1v) is 20.2. The third kappa shape index (κ3) is 7.39. The standard InChI is InChI=1S/C39H41FN6O8S/c1-22-17-32(44-54-22)34(47)41-31-12-6-4-2-3-5-9-23-20-39(23,38(50)45-55(51,52)26-14-15-26)43-35(48)33-19-25(21-46(33)37(31)49)53-36-28-16-13-24(40)18-29(28)27-10-7-8-11-30(27)42-36/h5,7-11,13,16-18,23,25-26,31,33H,2-4,6,12,14-15,19-21H2,1H3,(H,41,47)(H,43,48)(H,45,50)/b9-5-/t23-,25-,31+,33+,39-/m1/s1. The highest BCUT2D eigenvalue weighted by atomic mass is 32.2. The first kappa shape index (κ1) is 36.6. The van der Waals surface area contributed by atoms with Crippen molar-refractivity contribution in [2.75, 3.05) is 6.54 Å². The zero-order valence-corrected chi connectivity index (χ0v) is 30.9. The van der Waals surface area contributed by atoms with Crippen LogP contribution in [0.3, 0.4) is 0 Å². The number of benzene rings is 2. The molecule has 14 nitrogen and oxygen atoms in total. The van der Waals surface area contributed by atoms with Crippen LogP contribution in [0.4, 0.5) is 4.39 Å². The molecule has 2 saturated carbocycles. The highest BCUT2D eigenvalue weighted by molar-refractivity contribution is 7.91. The molecular formula is C39H41FN6O8S. The number of amides is 4. The molecule has 2 aromatic heterocycles. The fourth-order valence-electron chi connectivity index (χ4n) is 7.69. The van der Waals surface area contributed by atoms with Gasteiger partial charge in [0, 0.05) is 29.2 Å². The lowest BCUT2D eigenvalue weighted by atomic mass is 10.0. The van der Waals surface area contributed by atoms with Crippen molar-refractivity contribution < 1.29 is 41.2 Å². The number of ether oxygens (including phenoxy) is 1. The van der Waals surface area contributed by atoms with E-state index in [-0.39, 0.29) is 37.4 Å². The molecule has 288 valence electrons. The maximum Gasteiger partial charge on any atom is 0.274 e. The van der Waals surface area contributed by atoms with Gasteiger partial charge in [-0.15, -0.1) is 0 Å². The second kappa shape index (κ2) is 14.4. The van der Waals surface area contributed by atoms with Gasteiger partial charge in [-0.05, 0) is 75.1 Å². The Morgan fingerprint density at radius 2 is 1.85 bits per heavy atom. The molecular weight excluding hydrogens is 732 g/mol. The molecule has 4 aliphatic rings. The Balaban J connectivity index is 1.13. The van der Waals surface area contributed by atoms with E-state index in [2.05, 4.69) is 20.5 Å². The molecule has 3 N–H and O–H groups in total. The zero-order valence-electron chi connectivity index (χ0n) is 30.1. The van der Waals surface area contributed by atoms with E-state index in [1.807, 2.05) is 24.3 Å². The van der Waals surface area contributed by atoms with Crippen LogP contribution in [0.25, 0.3) is 21.7 Å². The fraction of sp³-hybridized carbons (Fsp3) is 0.436. The largest absolute Gasteiger partial charge is 0.472 e. The molecule has 2 aliphatic carbocycles. The van der Waals surface area contributed by atoms with E-state index in [0.717, 1.165) is 18.2 Å². The van der Waals surface area contributed by atoms with E-state index in [4.69, 9.17) is 14.2 Å². The number of carbonyl (C=O) groups excluding carboxylic acids is 4. The minimum atomic E-state index is -3.92. The topological polar surface area (TPSA) is 190 Å². The SMILES string of the molecule is Cc1cc(C(=O)N[C@H]2CCCCC/C=C\[C@@H]3C[C@@]3(C(=O)NS(=O)(=O)C3CC3)NC(=O)[C@@H]3C[C@@H](Oc4nc5ccccc5c5cc(F)ccc45)CN3C2=O)no1. The third-order valence-corrected chi connectivity index (χ3v) is 12.7. The summed E-state index contributed by atoms with van der Waals surface area (Å²) in [5, 5.41) is 10.6. The van der Waals surface area contributed by atoms with Crippen LogP contribution in [-0.4, -0.2) is 82.6 Å². The van der Waals surface area contributed by atoms with E-state index in [1.54, 1.807) is 25.1 Å². The van der Waals surface area contributed by atoms with Crippen molar-refractivity contribution >= 4 is 55.3 Å². The van der Waals surface area contributed by atoms with Crippen molar-refractivity contribution in [1.29, 1.82) is 0 Å². The lowest BCUT2D eigenvalue weighted by Crippen LogP contribution is -2.58. The van der Waals surface area contributed by atoms with Gasteiger partial charge in [0.05, 0.1) is 17.3 Å². The minimum absolute atomic E-state index is 0.00262. The summed E-state index contributed by atoms with van der Waals surface area (Å²) < 4.78 is 54.0. The van der Waals surface area contributed by atoms with E-state index < -0.39 is 74.4 Å². The normalized spacial score (nSPS) is 26.6. The van der Waals surface area contributed by atoms with Crippen molar-refractivity contribution in [2.45, 2.75) is 93.7 Å². The summed E-state index contributed by atoms with van der Waals surface area (Å²) >= 11 is 0. The quantitative estimate of drug-likeness (QED) is 0.183. The molecule has 4 amide bonds. The summed E-state index contributed by atoms with van der Waals surface area (Å²) in [5.41, 5.74) is -0.977. The summed E-state index contributed by atoms with van der Waals surface area (Å²) in [4.78, 5) is 62.1. The Morgan fingerprint density at radius 3 is 2.64 bits per heavy atom. The molecule has 2 aliphatic heterocycles. The van der Waals surface area contributed by atoms with Gasteiger partial charge in [-0.3, -0.25) is 23.9 Å². The van der Waals surface area contributed by atoms with Crippen LogP contribution < -0.4 is 20.1 Å². The Morgan fingerprint density at radius 1 is 1.04 bits per heavy atom. The number of aryl methyl sites for hydroxylation is 1. The molecule has 16 heteroatoms. The van der Waals surface area contributed by atoms with E-state index in [9.17, 15) is 32.0 Å². The van der Waals surface area contributed by atoms with Gasteiger partial charge in [0.15, 0.2) is 5.69 Å². The molecule has 3 fully saturated rings. The number of halogens is 1. The molecule has 4 heterocycles. The van der Waals surface area contributed by atoms with Crippen molar-refractivity contribution in [1.82, 2.24) is 30.4 Å². The van der Waals surface area contributed by atoms with E-state index in [0.29, 0.717) is 47.7 Å². The Kier molecular flexibility index (Phi) is 9.55. The van der Waals surface area contributed by atoms with Crippen molar-refractivity contribution in [2.24, 2.45) is 5.92 Å². The number of allylic oxidation sites excluding steroid dienone is 1. The zero-order chi connectivity index (χ0) is 38.5. The predicted molar refractivity (Wildman–Crippen MR) is 198 cm³/mol. The Bertz CT molecular complexity index is 2340. The first-order valence-electron chi connectivity index (χ1n) is 18.7. The van der Waals surface area contributed by atoms with Gasteiger partial charge < -0.3 is 24.8 Å². The van der Waals surface area contributed by atoms with Crippen LogP contribution in [0, 0.1) is 18.7 Å². The fourth-order valence-corrected chi connectivity index (χ4v) is 9.06. The monoisotopic (exact) mass is 772 g/mol. The van der Waals surface area contributed by atoms with Gasteiger partial charge in [-0.25, -0.2) is 17.8 Å². The number of nitrogens with zero attached hydrogens (tertiary/aromatic N) is 3. The van der Waals surface area contributed by atoms with Crippen molar-refractivity contribution in [3.63, 3.8) is 0 Å². The Hall–Kier alpha value is -5.38. The number of para-hydroxylation sites is 1. The average Bonchev–Trinajstić information content (AvgIpc) is 4.05. The van der Waals surface area contributed by atoms with Gasteiger partial charge in [0.1, 0.15) is 35.3 Å². The minimum Gasteiger partial charge on any atom is -0.472 e. The summed E-state index contributed by atoms with van der Waals surface area (Å²) in [7, 11) is -3.92.